The summed E-state index contributed by atoms with van der Waals surface area (Å²) in [6.45, 7) is 20.1. The van der Waals surface area contributed by atoms with Gasteiger partial charge in [0.1, 0.15) is 0 Å². The van der Waals surface area contributed by atoms with Crippen molar-refractivity contribution in [3.63, 3.8) is 0 Å². The molecule has 3 aromatic rings. The predicted molar refractivity (Wildman–Crippen MR) is 165 cm³/mol. The number of aryl methyl sites for hydroxylation is 4. The third-order valence-corrected chi connectivity index (χ3v) is 5.97. The molecule has 3 aromatic carbocycles. The Bertz CT molecular complexity index is 943. The number of rotatable bonds is 7. The van der Waals surface area contributed by atoms with Crippen molar-refractivity contribution >= 4 is 5.57 Å². The first-order valence-corrected chi connectivity index (χ1v) is 13.9. The molecule has 1 N–H and O–H groups in total. The number of benzene rings is 3. The number of hydrogen-bond donors (Lipinski definition) is 1. The zero-order chi connectivity index (χ0) is 27.3. The maximum atomic E-state index is 3.30. The predicted octanol–water partition coefficient (Wildman–Crippen LogP) is 9.93. The average molecular weight is 488 g/mol. The number of nitrogens with one attached hydrogen (secondary N) is 1. The minimum Gasteiger partial charge on any atom is -0.316 e. The number of hydrogen-bond acceptors (Lipinski definition) is 1. The molecular formula is C35H53N. The van der Waals surface area contributed by atoms with Crippen LogP contribution < -0.4 is 5.32 Å². The Labute approximate surface area is 224 Å². The quantitative estimate of drug-likeness (QED) is 0.349. The van der Waals surface area contributed by atoms with E-state index in [1.54, 1.807) is 0 Å². The fourth-order valence-electron chi connectivity index (χ4n) is 3.32. The maximum Gasteiger partial charge on any atom is 0.0170 e. The summed E-state index contributed by atoms with van der Waals surface area (Å²) >= 11 is 0. The third-order valence-electron chi connectivity index (χ3n) is 5.97. The molecule has 3 rings (SSSR count). The van der Waals surface area contributed by atoms with Gasteiger partial charge in [-0.3, -0.25) is 0 Å². The van der Waals surface area contributed by atoms with Crippen molar-refractivity contribution in [2.75, 3.05) is 13.6 Å². The summed E-state index contributed by atoms with van der Waals surface area (Å²) in [7, 11) is 2.01. The number of likely N-dealkylation sites (N-methyl/N-ethyl adjacent to an activating group) is 1. The summed E-state index contributed by atoms with van der Waals surface area (Å²) in [4.78, 5) is 0. The fourth-order valence-corrected chi connectivity index (χ4v) is 3.32. The topological polar surface area (TPSA) is 12.0 Å². The van der Waals surface area contributed by atoms with Crippen molar-refractivity contribution in [3.8, 4) is 0 Å². The molecule has 0 aromatic heterocycles. The molecule has 0 bridgehead atoms. The summed E-state index contributed by atoms with van der Waals surface area (Å²) in [5.74, 6) is 0. The second-order valence-corrected chi connectivity index (χ2v) is 9.13. The smallest absolute Gasteiger partial charge is 0.0170 e. The first kappa shape index (κ1) is 33.4. The van der Waals surface area contributed by atoms with Crippen LogP contribution in [0.1, 0.15) is 87.8 Å². The van der Waals surface area contributed by atoms with Crippen LogP contribution in [0, 0.1) is 20.8 Å². The molecule has 0 saturated carbocycles. The summed E-state index contributed by atoms with van der Waals surface area (Å²) < 4.78 is 0. The van der Waals surface area contributed by atoms with Crippen molar-refractivity contribution in [2.24, 2.45) is 0 Å². The second kappa shape index (κ2) is 20.5. The zero-order valence-electron chi connectivity index (χ0n) is 25.0. The molecular weight excluding hydrogens is 434 g/mol. The van der Waals surface area contributed by atoms with E-state index in [2.05, 4.69) is 127 Å². The van der Waals surface area contributed by atoms with Crippen molar-refractivity contribution in [2.45, 2.75) is 88.0 Å². The zero-order valence-corrected chi connectivity index (χ0v) is 25.0. The molecule has 1 nitrogen and oxygen atoms in total. The molecule has 0 fully saturated rings. The van der Waals surface area contributed by atoms with E-state index in [1.165, 1.54) is 57.4 Å². The van der Waals surface area contributed by atoms with Crippen LogP contribution in [0.2, 0.25) is 0 Å². The largest absolute Gasteiger partial charge is 0.316 e. The maximum absolute atomic E-state index is 3.30. The van der Waals surface area contributed by atoms with Gasteiger partial charge in [-0.05, 0) is 75.4 Å². The molecule has 0 aliphatic carbocycles. The van der Waals surface area contributed by atoms with Gasteiger partial charge < -0.3 is 5.32 Å². The standard InChI is InChI=1S/C20H25N.C9H12.C4H10.C2H6/c1-15-5-9-18(10-6-15)13-20(14-21-4)17(3)19-11-7-16(2)8-12-19;1-3-9-6-4-8(2)5-7-9;1-3-4-2;1-2/h5-12,21H,13-14H2,1-4H3;4-7H,3H2,1-2H3;3-4H2,1-2H3;1-2H3/b20-17+;;;. The highest BCUT2D eigenvalue weighted by Crippen LogP contribution is 2.21. The van der Waals surface area contributed by atoms with Crippen LogP contribution in [0.5, 0.6) is 0 Å². The van der Waals surface area contributed by atoms with Crippen molar-refractivity contribution in [1.29, 1.82) is 0 Å². The van der Waals surface area contributed by atoms with Crippen LogP contribution in [0.25, 0.3) is 5.57 Å². The molecule has 0 saturated heterocycles. The molecule has 0 atom stereocenters. The molecule has 1 heteroatoms. The molecule has 0 spiro atoms. The summed E-state index contributed by atoms with van der Waals surface area (Å²) in [6.07, 6.45) is 4.78. The first-order chi connectivity index (χ1) is 17.3. The van der Waals surface area contributed by atoms with Gasteiger partial charge in [0.15, 0.2) is 0 Å². The van der Waals surface area contributed by atoms with Gasteiger partial charge in [-0.15, -0.1) is 0 Å². The van der Waals surface area contributed by atoms with Crippen LogP contribution in [0.15, 0.2) is 78.4 Å². The number of allylic oxidation sites excluding steroid dienone is 1. The number of unbranched alkanes of at least 4 members (excludes halogenated alkanes) is 1. The van der Waals surface area contributed by atoms with Gasteiger partial charge in [-0.25, -0.2) is 0 Å². The Morgan fingerprint density at radius 2 is 1.00 bits per heavy atom. The minimum atomic E-state index is 0.924. The molecule has 36 heavy (non-hydrogen) atoms. The SMILES string of the molecule is CC.CCCC.CCc1ccc(C)cc1.CNC/C(Cc1ccc(C)cc1)=C(\C)c1ccc(C)cc1. The van der Waals surface area contributed by atoms with Gasteiger partial charge in [-0.1, -0.05) is 137 Å². The lowest BCUT2D eigenvalue weighted by Gasteiger charge is -2.13. The summed E-state index contributed by atoms with van der Waals surface area (Å²) in [5.41, 5.74) is 10.9. The van der Waals surface area contributed by atoms with E-state index >= 15 is 0 Å². The molecule has 198 valence electrons. The Hall–Kier alpha value is -2.64. The summed E-state index contributed by atoms with van der Waals surface area (Å²) in [5, 5.41) is 3.30. The van der Waals surface area contributed by atoms with Crippen molar-refractivity contribution in [3.05, 3.63) is 112 Å². The lowest BCUT2D eigenvalue weighted by Crippen LogP contribution is -2.13. The van der Waals surface area contributed by atoms with E-state index in [0.29, 0.717) is 0 Å². The Balaban J connectivity index is 0.000000673. The average Bonchev–Trinajstić information content (AvgIpc) is 2.92. The summed E-state index contributed by atoms with van der Waals surface area (Å²) in [6, 6.07) is 26.3. The van der Waals surface area contributed by atoms with Gasteiger partial charge in [0.05, 0.1) is 0 Å². The van der Waals surface area contributed by atoms with Gasteiger partial charge >= 0.3 is 0 Å². The fraction of sp³-hybridized carbons (Fsp3) is 0.429. The molecule has 0 radical (unpaired) electrons. The van der Waals surface area contributed by atoms with Gasteiger partial charge in [0.2, 0.25) is 0 Å². The first-order valence-electron chi connectivity index (χ1n) is 13.9. The normalized spacial score (nSPS) is 10.5. The minimum absolute atomic E-state index is 0.924. The van der Waals surface area contributed by atoms with E-state index in [0.717, 1.165) is 19.4 Å². The second-order valence-electron chi connectivity index (χ2n) is 9.13. The van der Waals surface area contributed by atoms with E-state index in [4.69, 9.17) is 0 Å². The lowest BCUT2D eigenvalue weighted by atomic mass is 9.95. The van der Waals surface area contributed by atoms with Crippen LogP contribution in [-0.4, -0.2) is 13.6 Å². The van der Waals surface area contributed by atoms with Gasteiger partial charge in [-0.2, -0.15) is 0 Å². The van der Waals surface area contributed by atoms with Crippen LogP contribution in [0.3, 0.4) is 0 Å². The van der Waals surface area contributed by atoms with Crippen molar-refractivity contribution < 1.29 is 0 Å². The Morgan fingerprint density at radius 3 is 1.36 bits per heavy atom. The van der Waals surface area contributed by atoms with Gasteiger partial charge in [0, 0.05) is 6.54 Å². The van der Waals surface area contributed by atoms with Gasteiger partial charge in [0.25, 0.3) is 0 Å². The van der Waals surface area contributed by atoms with E-state index in [1.807, 2.05) is 20.9 Å². The molecule has 0 aliphatic heterocycles. The molecule has 0 amide bonds. The molecule has 0 unspecified atom stereocenters. The van der Waals surface area contributed by atoms with E-state index < -0.39 is 0 Å². The van der Waals surface area contributed by atoms with Crippen LogP contribution >= 0.6 is 0 Å². The molecule has 0 heterocycles. The van der Waals surface area contributed by atoms with Crippen LogP contribution in [0.4, 0.5) is 0 Å². The monoisotopic (exact) mass is 487 g/mol. The highest BCUT2D eigenvalue weighted by Gasteiger charge is 2.06. The lowest BCUT2D eigenvalue weighted by molar-refractivity contribution is 0.855. The Kier molecular flexibility index (Phi) is 19.0. The van der Waals surface area contributed by atoms with Crippen LogP contribution in [-0.2, 0) is 12.8 Å². The molecule has 0 aliphatic rings. The third kappa shape index (κ3) is 14.0. The van der Waals surface area contributed by atoms with E-state index in [-0.39, 0.29) is 0 Å². The highest BCUT2D eigenvalue weighted by atomic mass is 14.8. The Morgan fingerprint density at radius 1 is 0.611 bits per heavy atom. The highest BCUT2D eigenvalue weighted by molar-refractivity contribution is 5.68. The van der Waals surface area contributed by atoms with E-state index in [9.17, 15) is 0 Å². The van der Waals surface area contributed by atoms with Crippen molar-refractivity contribution in [1.82, 2.24) is 5.32 Å².